The third-order valence-electron chi connectivity index (χ3n) is 3.73. The molecule has 1 fully saturated rings. The van der Waals surface area contributed by atoms with Crippen molar-refractivity contribution in [2.24, 2.45) is 5.92 Å². The van der Waals surface area contributed by atoms with Crippen LogP contribution in [0.4, 0.5) is 0 Å². The average Bonchev–Trinajstić information content (AvgIpc) is 2.57. The monoisotopic (exact) mass is 250 g/mol. The molecule has 1 aliphatic rings. The van der Waals surface area contributed by atoms with E-state index in [1.807, 2.05) is 6.92 Å². The van der Waals surface area contributed by atoms with Crippen molar-refractivity contribution in [1.29, 1.82) is 0 Å². The van der Waals surface area contributed by atoms with E-state index in [9.17, 15) is 13.5 Å². The molecule has 0 spiro atoms. The summed E-state index contributed by atoms with van der Waals surface area (Å²) < 4.78 is 28.2. The Morgan fingerprint density at radius 3 is 2.69 bits per heavy atom. The number of methoxy groups -OCH3 is 1. The molecular weight excluding hydrogens is 228 g/mol. The molecule has 0 saturated heterocycles. The zero-order valence-corrected chi connectivity index (χ0v) is 11.1. The van der Waals surface area contributed by atoms with Crippen molar-refractivity contribution in [3.05, 3.63) is 0 Å². The predicted molar refractivity (Wildman–Crippen MR) is 63.1 cm³/mol. The molecule has 1 aliphatic carbocycles. The molecule has 4 nitrogen and oxygen atoms in total. The number of ether oxygens (including phenoxy) is 1. The van der Waals surface area contributed by atoms with Crippen LogP contribution in [0.25, 0.3) is 0 Å². The van der Waals surface area contributed by atoms with Crippen molar-refractivity contribution in [3.63, 3.8) is 0 Å². The van der Waals surface area contributed by atoms with Gasteiger partial charge in [-0.2, -0.15) is 0 Å². The standard InChI is InChI=1S/C11H22O4S/c1-9(6-8-15-2)11(12)7-4-5-10(11)16(3,13)14/h9-10,12H,4-8H2,1-3H3. The Labute approximate surface area is 97.9 Å². The van der Waals surface area contributed by atoms with E-state index < -0.39 is 20.7 Å². The minimum Gasteiger partial charge on any atom is -0.388 e. The molecule has 3 unspecified atom stereocenters. The number of hydrogen-bond donors (Lipinski definition) is 1. The zero-order chi connectivity index (χ0) is 12.4. The summed E-state index contributed by atoms with van der Waals surface area (Å²) in [5, 5.41) is 9.94. The number of hydrogen-bond acceptors (Lipinski definition) is 4. The molecule has 5 heteroatoms. The quantitative estimate of drug-likeness (QED) is 0.790. The second-order valence-electron chi connectivity index (χ2n) is 4.88. The van der Waals surface area contributed by atoms with Gasteiger partial charge in [-0.25, -0.2) is 8.42 Å². The lowest BCUT2D eigenvalue weighted by atomic mass is 9.85. The number of sulfone groups is 1. The lowest BCUT2D eigenvalue weighted by molar-refractivity contribution is -0.0134. The van der Waals surface area contributed by atoms with Crippen LogP contribution >= 0.6 is 0 Å². The molecule has 0 aromatic rings. The zero-order valence-electron chi connectivity index (χ0n) is 10.3. The Morgan fingerprint density at radius 1 is 1.56 bits per heavy atom. The Morgan fingerprint density at radius 2 is 2.19 bits per heavy atom. The van der Waals surface area contributed by atoms with E-state index in [-0.39, 0.29) is 5.92 Å². The van der Waals surface area contributed by atoms with E-state index in [1.54, 1.807) is 7.11 Å². The first-order valence-electron chi connectivity index (χ1n) is 5.72. The third kappa shape index (κ3) is 2.76. The smallest absolute Gasteiger partial charge is 0.153 e. The first kappa shape index (κ1) is 13.9. The van der Waals surface area contributed by atoms with Gasteiger partial charge in [0.15, 0.2) is 9.84 Å². The first-order valence-corrected chi connectivity index (χ1v) is 7.68. The van der Waals surface area contributed by atoms with Crippen molar-refractivity contribution < 1.29 is 18.3 Å². The lowest BCUT2D eigenvalue weighted by Crippen LogP contribution is -2.47. The van der Waals surface area contributed by atoms with Crippen LogP contribution in [0.5, 0.6) is 0 Å². The predicted octanol–water partition coefficient (Wildman–Crippen LogP) is 0.987. The normalized spacial score (nSPS) is 32.9. The van der Waals surface area contributed by atoms with Gasteiger partial charge in [-0.05, 0) is 31.6 Å². The maximum Gasteiger partial charge on any atom is 0.153 e. The van der Waals surface area contributed by atoms with Gasteiger partial charge in [0.25, 0.3) is 0 Å². The van der Waals surface area contributed by atoms with Crippen molar-refractivity contribution in [2.45, 2.75) is 43.5 Å². The largest absolute Gasteiger partial charge is 0.388 e. The van der Waals surface area contributed by atoms with Crippen molar-refractivity contribution in [1.82, 2.24) is 0 Å². The molecule has 1 saturated carbocycles. The lowest BCUT2D eigenvalue weighted by Gasteiger charge is -2.34. The molecule has 0 aliphatic heterocycles. The fourth-order valence-corrected chi connectivity index (χ4v) is 4.36. The van der Waals surface area contributed by atoms with Gasteiger partial charge in [0.05, 0.1) is 10.9 Å². The Bertz CT molecular complexity index is 325. The van der Waals surface area contributed by atoms with E-state index in [2.05, 4.69) is 0 Å². The molecule has 0 heterocycles. The van der Waals surface area contributed by atoms with Crippen LogP contribution < -0.4 is 0 Å². The van der Waals surface area contributed by atoms with Crippen molar-refractivity contribution in [3.8, 4) is 0 Å². The van der Waals surface area contributed by atoms with Crippen molar-refractivity contribution in [2.75, 3.05) is 20.0 Å². The van der Waals surface area contributed by atoms with Gasteiger partial charge in [-0.1, -0.05) is 6.92 Å². The summed E-state index contributed by atoms with van der Waals surface area (Å²) in [5.74, 6) is -0.0466. The van der Waals surface area contributed by atoms with E-state index in [0.717, 1.165) is 6.42 Å². The second-order valence-corrected chi connectivity index (χ2v) is 7.11. The van der Waals surface area contributed by atoms with Crippen molar-refractivity contribution >= 4 is 9.84 Å². The maximum atomic E-state index is 11.6. The summed E-state index contributed by atoms with van der Waals surface area (Å²) in [6.45, 7) is 2.46. The Kier molecular flexibility index (Phi) is 4.37. The molecule has 96 valence electrons. The summed E-state index contributed by atoms with van der Waals surface area (Å²) in [4.78, 5) is 0. The van der Waals surface area contributed by atoms with Crippen LogP contribution in [-0.4, -0.2) is 44.3 Å². The highest BCUT2D eigenvalue weighted by Crippen LogP contribution is 2.41. The maximum absolute atomic E-state index is 11.6. The van der Waals surface area contributed by atoms with E-state index >= 15 is 0 Å². The number of rotatable bonds is 5. The molecule has 1 N–H and O–H groups in total. The Balaban J connectivity index is 2.81. The molecule has 3 atom stereocenters. The average molecular weight is 250 g/mol. The van der Waals surface area contributed by atoms with Gasteiger partial charge in [-0.15, -0.1) is 0 Å². The summed E-state index contributed by atoms with van der Waals surface area (Å²) >= 11 is 0. The van der Waals surface area contributed by atoms with Crippen LogP contribution in [-0.2, 0) is 14.6 Å². The molecule has 0 aromatic heterocycles. The van der Waals surface area contributed by atoms with Gasteiger partial charge >= 0.3 is 0 Å². The molecule has 0 radical (unpaired) electrons. The van der Waals surface area contributed by atoms with E-state index in [4.69, 9.17) is 4.74 Å². The highest BCUT2D eigenvalue weighted by atomic mass is 32.2. The van der Waals surface area contributed by atoms with Gasteiger partial charge in [0, 0.05) is 20.0 Å². The van der Waals surface area contributed by atoms with Gasteiger partial charge < -0.3 is 9.84 Å². The topological polar surface area (TPSA) is 63.6 Å². The molecule has 1 rings (SSSR count). The van der Waals surface area contributed by atoms with Crippen LogP contribution in [0.15, 0.2) is 0 Å². The molecular formula is C11H22O4S. The molecule has 0 bridgehead atoms. The third-order valence-corrected chi connectivity index (χ3v) is 5.40. The van der Waals surface area contributed by atoms with Gasteiger partial charge in [0.1, 0.15) is 0 Å². The molecule has 0 amide bonds. The van der Waals surface area contributed by atoms with Gasteiger partial charge in [-0.3, -0.25) is 0 Å². The van der Waals surface area contributed by atoms with Gasteiger partial charge in [0.2, 0.25) is 0 Å². The highest BCUT2D eigenvalue weighted by molar-refractivity contribution is 7.91. The summed E-state index contributed by atoms with van der Waals surface area (Å²) in [5.41, 5.74) is -1.06. The highest BCUT2D eigenvalue weighted by Gasteiger charge is 2.49. The van der Waals surface area contributed by atoms with Crippen LogP contribution in [0, 0.1) is 5.92 Å². The van der Waals surface area contributed by atoms with Crippen LogP contribution in [0.1, 0.15) is 32.6 Å². The van der Waals surface area contributed by atoms with Crippen LogP contribution in [0.2, 0.25) is 0 Å². The minimum absolute atomic E-state index is 0.0466. The minimum atomic E-state index is -3.17. The fraction of sp³-hybridized carbons (Fsp3) is 1.00. The van der Waals surface area contributed by atoms with Crippen LogP contribution in [0.3, 0.4) is 0 Å². The SMILES string of the molecule is COCCC(C)C1(O)CCCC1S(C)(=O)=O. The summed E-state index contributed by atoms with van der Waals surface area (Å²) in [7, 11) is -1.56. The summed E-state index contributed by atoms with van der Waals surface area (Å²) in [6.07, 6.45) is 3.85. The van der Waals surface area contributed by atoms with E-state index in [0.29, 0.717) is 25.9 Å². The Hall–Kier alpha value is -0.130. The number of aliphatic hydroxyl groups is 1. The van der Waals surface area contributed by atoms with E-state index in [1.165, 1.54) is 6.26 Å². The first-order chi connectivity index (χ1) is 7.32. The molecule has 0 aromatic carbocycles. The molecule has 16 heavy (non-hydrogen) atoms. The second kappa shape index (κ2) is 5.02. The summed E-state index contributed by atoms with van der Waals surface area (Å²) in [6, 6.07) is 0. The fourth-order valence-electron chi connectivity index (χ4n) is 2.67.